The predicted octanol–water partition coefficient (Wildman–Crippen LogP) is 3.84. The standard InChI is InChI=1S/C20H24N2O/c1-2-6-14-9-10-17-16(13-14)20-19(21-11-12-23-20)18(22-17)15-7-4-3-5-8-15/h3-5,7-10,13,18-22H,2,6,11-12H2,1H3/t18-,19?,20?/m0/s1. The molecule has 2 aromatic carbocycles. The van der Waals surface area contributed by atoms with Crippen molar-refractivity contribution in [2.24, 2.45) is 0 Å². The minimum absolute atomic E-state index is 0.127. The molecule has 0 bridgehead atoms. The third-order valence-corrected chi connectivity index (χ3v) is 4.90. The van der Waals surface area contributed by atoms with E-state index in [4.69, 9.17) is 4.74 Å². The molecule has 1 fully saturated rings. The molecule has 4 rings (SSSR count). The maximum absolute atomic E-state index is 6.19. The number of benzene rings is 2. The minimum atomic E-state index is 0.127. The lowest BCUT2D eigenvalue weighted by atomic mass is 9.84. The van der Waals surface area contributed by atoms with Crippen molar-refractivity contribution in [1.82, 2.24) is 5.32 Å². The van der Waals surface area contributed by atoms with Crippen LogP contribution in [0.3, 0.4) is 0 Å². The molecular formula is C20H24N2O. The van der Waals surface area contributed by atoms with E-state index >= 15 is 0 Å². The molecule has 3 atom stereocenters. The third kappa shape index (κ3) is 2.75. The van der Waals surface area contributed by atoms with E-state index in [-0.39, 0.29) is 18.2 Å². The van der Waals surface area contributed by atoms with Gasteiger partial charge in [0.15, 0.2) is 0 Å². The molecule has 1 saturated heterocycles. The van der Waals surface area contributed by atoms with Crippen LogP contribution in [-0.2, 0) is 11.2 Å². The fourth-order valence-corrected chi connectivity index (χ4v) is 3.83. The van der Waals surface area contributed by atoms with Crippen LogP contribution in [0.2, 0.25) is 0 Å². The van der Waals surface area contributed by atoms with E-state index in [1.54, 1.807) is 0 Å². The van der Waals surface area contributed by atoms with Gasteiger partial charge in [0.25, 0.3) is 0 Å². The average Bonchev–Trinajstić information content (AvgIpc) is 2.62. The number of hydrogen-bond donors (Lipinski definition) is 2. The topological polar surface area (TPSA) is 33.3 Å². The summed E-state index contributed by atoms with van der Waals surface area (Å²) in [6.07, 6.45) is 2.42. The summed E-state index contributed by atoms with van der Waals surface area (Å²) < 4.78 is 6.19. The first-order valence-corrected chi connectivity index (χ1v) is 8.66. The lowest BCUT2D eigenvalue weighted by Gasteiger charge is -2.44. The van der Waals surface area contributed by atoms with Crippen molar-refractivity contribution in [2.45, 2.75) is 38.0 Å². The maximum atomic E-state index is 6.19. The van der Waals surface area contributed by atoms with Gasteiger partial charge in [-0.1, -0.05) is 55.8 Å². The van der Waals surface area contributed by atoms with Crippen LogP contribution in [0.25, 0.3) is 0 Å². The van der Waals surface area contributed by atoms with Crippen molar-refractivity contribution in [3.63, 3.8) is 0 Å². The Morgan fingerprint density at radius 2 is 2.00 bits per heavy atom. The minimum Gasteiger partial charge on any atom is -0.376 e. The number of rotatable bonds is 3. The number of ether oxygens (including phenoxy) is 1. The van der Waals surface area contributed by atoms with Gasteiger partial charge in [-0.25, -0.2) is 0 Å². The van der Waals surface area contributed by atoms with Crippen LogP contribution in [0.4, 0.5) is 5.69 Å². The van der Waals surface area contributed by atoms with Crippen LogP contribution in [0.15, 0.2) is 48.5 Å². The van der Waals surface area contributed by atoms with Crippen molar-refractivity contribution >= 4 is 5.69 Å². The van der Waals surface area contributed by atoms with E-state index in [1.807, 2.05) is 0 Å². The summed E-state index contributed by atoms with van der Waals surface area (Å²) in [5.74, 6) is 0. The Morgan fingerprint density at radius 3 is 2.83 bits per heavy atom. The SMILES string of the molecule is CCCc1ccc2c(c1)C1OCCNC1[C@H](c1ccccc1)N2. The second-order valence-electron chi connectivity index (χ2n) is 6.48. The number of nitrogens with one attached hydrogen (secondary N) is 2. The summed E-state index contributed by atoms with van der Waals surface area (Å²) in [4.78, 5) is 0. The number of morpholine rings is 1. The zero-order valence-corrected chi connectivity index (χ0v) is 13.6. The van der Waals surface area contributed by atoms with Gasteiger partial charge >= 0.3 is 0 Å². The van der Waals surface area contributed by atoms with Gasteiger partial charge in [0.05, 0.1) is 18.7 Å². The van der Waals surface area contributed by atoms with Gasteiger partial charge in [-0.05, 0) is 23.6 Å². The lowest BCUT2D eigenvalue weighted by molar-refractivity contribution is -0.0140. The number of hydrogen-bond acceptors (Lipinski definition) is 3. The molecule has 3 nitrogen and oxygen atoms in total. The average molecular weight is 308 g/mol. The molecular weight excluding hydrogens is 284 g/mol. The van der Waals surface area contributed by atoms with Crippen LogP contribution in [0, 0.1) is 0 Å². The quantitative estimate of drug-likeness (QED) is 0.904. The van der Waals surface area contributed by atoms with E-state index in [1.165, 1.54) is 28.8 Å². The maximum Gasteiger partial charge on any atom is 0.102 e. The Balaban J connectivity index is 1.74. The van der Waals surface area contributed by atoms with E-state index in [2.05, 4.69) is 66.1 Å². The largest absolute Gasteiger partial charge is 0.376 e. The molecule has 2 N–H and O–H groups in total. The van der Waals surface area contributed by atoms with Gasteiger partial charge in [-0.3, -0.25) is 0 Å². The zero-order chi connectivity index (χ0) is 15.6. The van der Waals surface area contributed by atoms with Crippen LogP contribution in [0.1, 0.15) is 42.2 Å². The van der Waals surface area contributed by atoms with Crippen LogP contribution in [-0.4, -0.2) is 19.2 Å². The molecule has 0 spiro atoms. The lowest BCUT2D eigenvalue weighted by Crippen LogP contribution is -2.51. The number of aryl methyl sites for hydroxylation is 1. The number of anilines is 1. The molecule has 3 heteroatoms. The Labute approximate surface area is 138 Å². The summed E-state index contributed by atoms with van der Waals surface area (Å²) >= 11 is 0. The van der Waals surface area contributed by atoms with Gasteiger partial charge in [-0.2, -0.15) is 0 Å². The molecule has 2 aromatic rings. The first-order chi connectivity index (χ1) is 11.4. The monoisotopic (exact) mass is 308 g/mol. The zero-order valence-electron chi connectivity index (χ0n) is 13.6. The first-order valence-electron chi connectivity index (χ1n) is 8.66. The Bertz CT molecular complexity index is 671. The molecule has 2 aliphatic heterocycles. The smallest absolute Gasteiger partial charge is 0.102 e. The van der Waals surface area contributed by atoms with Crippen LogP contribution >= 0.6 is 0 Å². The molecule has 0 amide bonds. The van der Waals surface area contributed by atoms with E-state index in [9.17, 15) is 0 Å². The molecule has 2 heterocycles. The van der Waals surface area contributed by atoms with Crippen molar-refractivity contribution in [3.05, 3.63) is 65.2 Å². The highest BCUT2D eigenvalue weighted by molar-refractivity contribution is 5.59. The van der Waals surface area contributed by atoms with Crippen molar-refractivity contribution in [3.8, 4) is 0 Å². The molecule has 0 aliphatic carbocycles. The van der Waals surface area contributed by atoms with Gasteiger partial charge < -0.3 is 15.4 Å². The Hall–Kier alpha value is -1.84. The van der Waals surface area contributed by atoms with E-state index in [0.717, 1.165) is 19.6 Å². The molecule has 0 saturated carbocycles. The third-order valence-electron chi connectivity index (χ3n) is 4.90. The highest BCUT2D eigenvalue weighted by Gasteiger charge is 2.39. The van der Waals surface area contributed by atoms with Gasteiger partial charge in [0, 0.05) is 17.8 Å². The van der Waals surface area contributed by atoms with Gasteiger partial charge in [0.1, 0.15) is 6.10 Å². The summed E-state index contributed by atoms with van der Waals surface area (Å²) in [6, 6.07) is 18.0. The Kier molecular flexibility index (Phi) is 4.06. The normalized spacial score (nSPS) is 26.0. The van der Waals surface area contributed by atoms with Crippen molar-refractivity contribution in [2.75, 3.05) is 18.5 Å². The summed E-state index contributed by atoms with van der Waals surface area (Å²) in [6.45, 7) is 3.92. The summed E-state index contributed by atoms with van der Waals surface area (Å²) in [5.41, 5.74) is 5.23. The van der Waals surface area contributed by atoms with Crippen molar-refractivity contribution in [1.29, 1.82) is 0 Å². The molecule has 0 aromatic heterocycles. The predicted molar refractivity (Wildman–Crippen MR) is 93.7 cm³/mol. The van der Waals surface area contributed by atoms with Crippen molar-refractivity contribution < 1.29 is 4.74 Å². The Morgan fingerprint density at radius 1 is 1.13 bits per heavy atom. The highest BCUT2D eigenvalue weighted by Crippen LogP contribution is 2.42. The molecule has 23 heavy (non-hydrogen) atoms. The molecule has 2 unspecified atom stereocenters. The van der Waals surface area contributed by atoms with Gasteiger partial charge in [-0.15, -0.1) is 0 Å². The molecule has 0 radical (unpaired) electrons. The summed E-state index contributed by atoms with van der Waals surface area (Å²) in [7, 11) is 0. The van der Waals surface area contributed by atoms with E-state index in [0.29, 0.717) is 0 Å². The van der Waals surface area contributed by atoms with Gasteiger partial charge in [0.2, 0.25) is 0 Å². The second kappa shape index (κ2) is 6.34. The second-order valence-corrected chi connectivity index (χ2v) is 6.48. The van der Waals surface area contributed by atoms with Crippen LogP contribution < -0.4 is 10.6 Å². The number of fused-ring (bicyclic) bond motifs is 3. The summed E-state index contributed by atoms with van der Waals surface area (Å²) in [5, 5.41) is 7.41. The van der Waals surface area contributed by atoms with Crippen LogP contribution in [0.5, 0.6) is 0 Å². The fourth-order valence-electron chi connectivity index (χ4n) is 3.83. The molecule has 2 aliphatic rings. The van der Waals surface area contributed by atoms with E-state index < -0.39 is 0 Å². The first kappa shape index (κ1) is 14.7. The molecule has 120 valence electrons. The fraction of sp³-hybridized carbons (Fsp3) is 0.400. The highest BCUT2D eigenvalue weighted by atomic mass is 16.5.